The first kappa shape index (κ1) is 41.2. The first-order valence-electron chi connectivity index (χ1n) is 21.8. The maximum Gasteiger partial charge on any atom is 0.331 e. The number of likely N-dealkylation sites (tertiary alicyclic amines) is 2. The van der Waals surface area contributed by atoms with Gasteiger partial charge in [0.2, 0.25) is 0 Å². The Labute approximate surface area is 353 Å². The molecule has 0 radical (unpaired) electrons. The summed E-state index contributed by atoms with van der Waals surface area (Å²) >= 11 is 0. The lowest BCUT2D eigenvalue weighted by Gasteiger charge is -2.32. The van der Waals surface area contributed by atoms with E-state index in [9.17, 15) is 19.2 Å². The molecule has 2 fully saturated rings. The van der Waals surface area contributed by atoms with Gasteiger partial charge in [-0.05, 0) is 99.8 Å². The van der Waals surface area contributed by atoms with Crippen LogP contribution in [0.2, 0.25) is 0 Å². The number of fused-ring (bicyclic) bond motifs is 2. The molecule has 0 spiro atoms. The van der Waals surface area contributed by atoms with E-state index >= 15 is 0 Å². The van der Waals surface area contributed by atoms with Gasteiger partial charge in [-0.25, -0.2) is 9.59 Å². The molecule has 312 valence electrons. The van der Waals surface area contributed by atoms with Crippen LogP contribution in [0.1, 0.15) is 107 Å². The smallest absolute Gasteiger partial charge is 0.331 e. The van der Waals surface area contributed by atoms with Crippen LogP contribution in [0.5, 0.6) is 0 Å². The van der Waals surface area contributed by atoms with Crippen molar-refractivity contribution in [3.05, 3.63) is 143 Å². The number of nitrogens with one attached hydrogen (secondary N) is 2. The molecule has 4 heterocycles. The molecule has 60 heavy (non-hydrogen) atoms. The van der Waals surface area contributed by atoms with Gasteiger partial charge in [-0.15, -0.1) is 0 Å². The molecule has 0 aromatic heterocycles. The average Bonchev–Trinajstić information content (AvgIpc) is 3.88. The number of hydrogen-bond acceptors (Lipinski definition) is 10. The number of ketones is 2. The summed E-state index contributed by atoms with van der Waals surface area (Å²) < 4.78 is 11.4. The van der Waals surface area contributed by atoms with E-state index in [1.54, 1.807) is 0 Å². The van der Waals surface area contributed by atoms with Gasteiger partial charge in [0.25, 0.3) is 0 Å². The molecule has 10 nitrogen and oxygen atoms in total. The van der Waals surface area contributed by atoms with Crippen molar-refractivity contribution in [3.8, 4) is 0 Å². The van der Waals surface area contributed by atoms with Crippen molar-refractivity contribution in [2.45, 2.75) is 76.7 Å². The Balaban J connectivity index is 0.738. The van der Waals surface area contributed by atoms with E-state index in [4.69, 9.17) is 9.47 Å². The summed E-state index contributed by atoms with van der Waals surface area (Å²) in [6, 6.07) is 32.2. The van der Waals surface area contributed by atoms with E-state index in [0.717, 1.165) is 112 Å². The number of esters is 2. The van der Waals surface area contributed by atoms with Gasteiger partial charge in [-0.3, -0.25) is 19.4 Å². The molecule has 4 aliphatic heterocycles. The topological polar surface area (TPSA) is 117 Å². The Bertz CT molecular complexity index is 2000. The molecule has 4 aromatic carbocycles. The van der Waals surface area contributed by atoms with Crippen LogP contribution in [0.25, 0.3) is 0 Å². The Morgan fingerprint density at radius 1 is 0.550 bits per heavy atom. The number of piperidine rings is 2. The third kappa shape index (κ3) is 10.8. The Morgan fingerprint density at radius 2 is 0.950 bits per heavy atom. The molecule has 4 aromatic rings. The van der Waals surface area contributed by atoms with E-state index in [1.807, 2.05) is 48.5 Å². The summed E-state index contributed by atoms with van der Waals surface area (Å²) in [5, 5.41) is 6.53. The van der Waals surface area contributed by atoms with Gasteiger partial charge in [0.1, 0.15) is 12.2 Å². The fourth-order valence-electron chi connectivity index (χ4n) is 9.17. The van der Waals surface area contributed by atoms with Gasteiger partial charge in [0, 0.05) is 71.7 Å². The molecule has 2 N–H and O–H groups in total. The second-order valence-corrected chi connectivity index (χ2v) is 16.9. The third-order valence-electron chi connectivity index (χ3n) is 12.7. The minimum Gasteiger partial charge on any atom is -0.452 e. The first-order chi connectivity index (χ1) is 29.3. The molecule has 10 heteroatoms. The number of hydrogen-bond donors (Lipinski definition) is 2. The monoisotopic (exact) mass is 808 g/mol. The number of carbonyl (C=O) groups excluding carboxylic acids is 4. The Kier molecular flexibility index (Phi) is 13.5. The summed E-state index contributed by atoms with van der Waals surface area (Å²) in [5.41, 5.74) is 7.15. The zero-order chi connectivity index (χ0) is 41.3. The van der Waals surface area contributed by atoms with Gasteiger partial charge >= 0.3 is 11.9 Å². The van der Waals surface area contributed by atoms with Crippen LogP contribution >= 0.6 is 0 Å². The molecular formula is C50H56N4O6. The Morgan fingerprint density at radius 3 is 1.35 bits per heavy atom. The molecule has 2 unspecified atom stereocenters. The van der Waals surface area contributed by atoms with Crippen molar-refractivity contribution in [2.75, 3.05) is 49.9 Å². The lowest BCUT2D eigenvalue weighted by molar-refractivity contribution is -0.145. The molecular weight excluding hydrogens is 753 g/mol. The number of nitrogens with zero attached hydrogens (tertiary/aromatic N) is 2. The second-order valence-electron chi connectivity index (χ2n) is 16.9. The van der Waals surface area contributed by atoms with E-state index in [0.29, 0.717) is 48.9 Å². The standard InChI is InChI=1S/C50H56N4O6/c55-45(17-11-35-21-25-53(26-22-35)33-37-7-3-1-4-8-37)39-13-15-41-43(29-39)51-31-47(41)59-49(57)19-20-50(58)60-48-32-52-44-30-40(14-16-42(44)48)46(56)18-12-36-23-27-54(28-24-36)34-38-9-5-2-6-10-38/h1-10,13-16,19-20,29-30,35-36,47-48,51-52H,11-12,17-18,21-28,31-34H2/b20-19+. The molecule has 2 atom stereocenters. The summed E-state index contributed by atoms with van der Waals surface area (Å²) in [6.45, 7) is 6.94. The number of carbonyl (C=O) groups is 4. The van der Waals surface area contributed by atoms with Gasteiger partial charge in [-0.2, -0.15) is 0 Å². The van der Waals surface area contributed by atoms with Gasteiger partial charge in [0.05, 0.1) is 13.1 Å². The van der Waals surface area contributed by atoms with Crippen LogP contribution < -0.4 is 10.6 Å². The highest BCUT2D eigenvalue weighted by Crippen LogP contribution is 2.36. The molecule has 0 amide bonds. The minimum atomic E-state index is -0.660. The van der Waals surface area contributed by atoms with Crippen molar-refractivity contribution in [3.63, 3.8) is 0 Å². The predicted molar refractivity (Wildman–Crippen MR) is 233 cm³/mol. The third-order valence-corrected chi connectivity index (χ3v) is 12.7. The number of Topliss-reactive ketones (excluding diaryl/α,β-unsaturated/α-hetero) is 2. The summed E-state index contributed by atoms with van der Waals surface area (Å²) in [6.07, 6.45) is 8.33. The van der Waals surface area contributed by atoms with Crippen LogP contribution in [0.4, 0.5) is 11.4 Å². The largest absolute Gasteiger partial charge is 0.452 e. The fourth-order valence-corrected chi connectivity index (χ4v) is 9.17. The highest BCUT2D eigenvalue weighted by atomic mass is 16.5. The molecule has 0 saturated carbocycles. The highest BCUT2D eigenvalue weighted by Gasteiger charge is 2.29. The highest BCUT2D eigenvalue weighted by molar-refractivity contribution is 5.98. The second kappa shape index (κ2) is 19.7. The molecule has 4 aliphatic rings. The van der Waals surface area contributed by atoms with Gasteiger partial charge in [-0.1, -0.05) is 84.9 Å². The van der Waals surface area contributed by atoms with Crippen molar-refractivity contribution >= 4 is 34.9 Å². The molecule has 2 saturated heterocycles. The first-order valence-corrected chi connectivity index (χ1v) is 21.8. The average molecular weight is 809 g/mol. The van der Waals surface area contributed by atoms with Crippen molar-refractivity contribution in [2.24, 2.45) is 11.8 Å². The number of rotatable bonds is 16. The lowest BCUT2D eigenvalue weighted by atomic mass is 9.90. The molecule has 0 bridgehead atoms. The molecule has 0 aliphatic carbocycles. The predicted octanol–water partition coefficient (Wildman–Crippen LogP) is 8.71. The van der Waals surface area contributed by atoms with Gasteiger partial charge in [0.15, 0.2) is 11.6 Å². The quantitative estimate of drug-likeness (QED) is 0.0647. The number of benzene rings is 4. The van der Waals surface area contributed by atoms with E-state index in [2.05, 4.69) is 69.0 Å². The Hall–Kier alpha value is -5.58. The van der Waals surface area contributed by atoms with Gasteiger partial charge < -0.3 is 20.1 Å². The van der Waals surface area contributed by atoms with Crippen LogP contribution in [0, 0.1) is 11.8 Å². The maximum absolute atomic E-state index is 13.2. The van der Waals surface area contributed by atoms with Crippen LogP contribution in [0.3, 0.4) is 0 Å². The maximum atomic E-state index is 13.2. The van der Waals surface area contributed by atoms with E-state index < -0.39 is 24.1 Å². The number of anilines is 2. The van der Waals surface area contributed by atoms with E-state index in [1.165, 1.54) is 11.1 Å². The van der Waals surface area contributed by atoms with Crippen LogP contribution in [-0.4, -0.2) is 72.6 Å². The zero-order valence-corrected chi connectivity index (χ0v) is 34.4. The normalized spacial score (nSPS) is 19.6. The fraction of sp³-hybridized carbons (Fsp3) is 0.400. The number of ether oxygens (including phenoxy) is 2. The van der Waals surface area contributed by atoms with Crippen molar-refractivity contribution in [1.82, 2.24) is 9.80 Å². The van der Waals surface area contributed by atoms with Crippen LogP contribution in [-0.2, 0) is 32.2 Å². The summed E-state index contributed by atoms with van der Waals surface area (Å²) in [7, 11) is 0. The summed E-state index contributed by atoms with van der Waals surface area (Å²) in [4.78, 5) is 56.8. The SMILES string of the molecule is O=C(/C=C/C(=O)OC1CNc2cc(C(=O)CCC3CCN(Cc4ccccc4)CC3)ccc21)OC1CNc2cc(C(=O)CCC3CCN(Cc4ccccc4)CC3)ccc21. The lowest BCUT2D eigenvalue weighted by Crippen LogP contribution is -2.33. The minimum absolute atomic E-state index is 0.124. The molecule has 8 rings (SSSR count). The van der Waals surface area contributed by atoms with Crippen molar-refractivity contribution in [1.29, 1.82) is 0 Å². The van der Waals surface area contributed by atoms with E-state index in [-0.39, 0.29) is 11.6 Å². The zero-order valence-electron chi connectivity index (χ0n) is 34.4. The summed E-state index contributed by atoms with van der Waals surface area (Å²) in [5.74, 6) is 0.0370. The van der Waals surface area contributed by atoms with Crippen LogP contribution in [0.15, 0.2) is 109 Å². The van der Waals surface area contributed by atoms with Crippen molar-refractivity contribution < 1.29 is 28.7 Å².